The van der Waals surface area contributed by atoms with E-state index in [1.54, 1.807) is 18.2 Å². The molecule has 0 saturated carbocycles. The lowest BCUT2D eigenvalue weighted by molar-refractivity contribution is -0.123. The van der Waals surface area contributed by atoms with Crippen molar-refractivity contribution in [2.75, 3.05) is 19.5 Å². The summed E-state index contributed by atoms with van der Waals surface area (Å²) in [6.45, 7) is 1.39. The van der Waals surface area contributed by atoms with Gasteiger partial charge in [-0.25, -0.2) is 9.18 Å². The van der Waals surface area contributed by atoms with Gasteiger partial charge in [-0.2, -0.15) is 0 Å². The average molecular weight is 347 g/mol. The molecule has 0 unspecified atom stereocenters. The number of carbonyl (C=O) groups excluding carboxylic acids is 2. The topological polar surface area (TPSA) is 73.9 Å². The van der Waals surface area contributed by atoms with E-state index in [-0.39, 0.29) is 17.0 Å². The molecule has 25 heavy (non-hydrogen) atoms. The first-order chi connectivity index (χ1) is 12.0. The number of nitrogens with one attached hydrogen (secondary N) is 1. The van der Waals surface area contributed by atoms with Crippen molar-refractivity contribution in [3.8, 4) is 11.5 Å². The van der Waals surface area contributed by atoms with E-state index in [9.17, 15) is 14.0 Å². The summed E-state index contributed by atoms with van der Waals surface area (Å²) in [5.41, 5.74) is 0.127. The molecule has 0 spiro atoms. The van der Waals surface area contributed by atoms with Crippen LogP contribution in [0.4, 0.5) is 10.1 Å². The number of benzene rings is 2. The van der Waals surface area contributed by atoms with Crippen LogP contribution in [-0.4, -0.2) is 32.2 Å². The molecule has 1 amide bonds. The number of ether oxygens (including phenoxy) is 3. The minimum Gasteiger partial charge on any atom is -0.493 e. The van der Waals surface area contributed by atoms with E-state index in [0.29, 0.717) is 5.75 Å². The number of methoxy groups -OCH3 is 2. The zero-order valence-electron chi connectivity index (χ0n) is 14.0. The maximum Gasteiger partial charge on any atom is 0.342 e. The maximum atomic E-state index is 13.6. The molecule has 6 nitrogen and oxygen atoms in total. The van der Waals surface area contributed by atoms with Gasteiger partial charge in [0.2, 0.25) is 0 Å². The summed E-state index contributed by atoms with van der Waals surface area (Å²) in [6.07, 6.45) is -1.14. The van der Waals surface area contributed by atoms with Gasteiger partial charge >= 0.3 is 5.97 Å². The fourth-order valence-corrected chi connectivity index (χ4v) is 2.12. The van der Waals surface area contributed by atoms with E-state index in [1.807, 2.05) is 0 Å². The van der Waals surface area contributed by atoms with Crippen LogP contribution in [0.5, 0.6) is 11.5 Å². The number of para-hydroxylation sites is 2. The van der Waals surface area contributed by atoms with Gasteiger partial charge in [0.05, 0.1) is 19.9 Å². The first-order valence-corrected chi connectivity index (χ1v) is 7.45. The number of hydrogen-bond acceptors (Lipinski definition) is 5. The highest BCUT2D eigenvalue weighted by Gasteiger charge is 2.23. The molecular weight excluding hydrogens is 329 g/mol. The smallest absolute Gasteiger partial charge is 0.342 e. The number of carbonyl (C=O) groups is 2. The van der Waals surface area contributed by atoms with Crippen LogP contribution in [0, 0.1) is 5.82 Å². The zero-order valence-corrected chi connectivity index (χ0v) is 14.0. The van der Waals surface area contributed by atoms with Crippen LogP contribution >= 0.6 is 0 Å². The van der Waals surface area contributed by atoms with Gasteiger partial charge < -0.3 is 19.5 Å². The van der Waals surface area contributed by atoms with E-state index in [0.717, 1.165) is 0 Å². The Morgan fingerprint density at radius 2 is 1.76 bits per heavy atom. The molecule has 0 aromatic heterocycles. The van der Waals surface area contributed by atoms with Gasteiger partial charge in [-0.3, -0.25) is 4.79 Å². The number of esters is 1. The highest BCUT2D eigenvalue weighted by Crippen LogP contribution is 2.31. The fourth-order valence-electron chi connectivity index (χ4n) is 2.12. The van der Waals surface area contributed by atoms with Crippen LogP contribution in [0.25, 0.3) is 0 Å². The predicted octanol–water partition coefficient (Wildman–Crippen LogP) is 3.03. The third kappa shape index (κ3) is 4.26. The second kappa shape index (κ2) is 8.14. The second-order valence-corrected chi connectivity index (χ2v) is 5.06. The van der Waals surface area contributed by atoms with Gasteiger partial charge in [0.25, 0.3) is 5.91 Å². The summed E-state index contributed by atoms with van der Waals surface area (Å²) in [5, 5.41) is 2.37. The lowest BCUT2D eigenvalue weighted by Crippen LogP contribution is -2.30. The molecule has 0 fully saturated rings. The van der Waals surface area contributed by atoms with Crippen molar-refractivity contribution in [2.45, 2.75) is 13.0 Å². The summed E-state index contributed by atoms with van der Waals surface area (Å²) in [4.78, 5) is 24.4. The molecule has 1 atom stereocenters. The van der Waals surface area contributed by atoms with Crippen LogP contribution < -0.4 is 14.8 Å². The molecule has 0 radical (unpaired) electrons. The zero-order chi connectivity index (χ0) is 18.4. The summed E-state index contributed by atoms with van der Waals surface area (Å²) >= 11 is 0. The molecule has 0 aliphatic heterocycles. The highest BCUT2D eigenvalue weighted by atomic mass is 19.1. The molecule has 2 aromatic carbocycles. The largest absolute Gasteiger partial charge is 0.493 e. The molecule has 0 heterocycles. The molecule has 0 saturated heterocycles. The number of hydrogen-bond donors (Lipinski definition) is 1. The van der Waals surface area contributed by atoms with Crippen LogP contribution in [0.2, 0.25) is 0 Å². The highest BCUT2D eigenvalue weighted by molar-refractivity contribution is 5.98. The van der Waals surface area contributed by atoms with E-state index < -0.39 is 23.8 Å². The number of halogens is 1. The average Bonchev–Trinajstić information content (AvgIpc) is 2.62. The Hall–Kier alpha value is -3.09. The van der Waals surface area contributed by atoms with Gasteiger partial charge in [0, 0.05) is 0 Å². The third-order valence-electron chi connectivity index (χ3n) is 3.41. The fraction of sp³-hybridized carbons (Fsp3) is 0.222. The summed E-state index contributed by atoms with van der Waals surface area (Å²) in [6, 6.07) is 10.4. The minimum absolute atomic E-state index is 0.00867. The first kappa shape index (κ1) is 18.3. The van der Waals surface area contributed by atoms with E-state index in [2.05, 4.69) is 5.32 Å². The van der Waals surface area contributed by atoms with Gasteiger partial charge in [0.15, 0.2) is 17.6 Å². The summed E-state index contributed by atoms with van der Waals surface area (Å²) in [7, 11) is 2.83. The minimum atomic E-state index is -1.14. The van der Waals surface area contributed by atoms with Crippen LogP contribution in [-0.2, 0) is 9.53 Å². The SMILES string of the molecule is COc1cccc(C(=O)O[C@H](C)C(=O)Nc2ccccc2F)c1OC. The van der Waals surface area contributed by atoms with Crippen LogP contribution in [0.1, 0.15) is 17.3 Å². The van der Waals surface area contributed by atoms with Gasteiger partial charge in [-0.1, -0.05) is 18.2 Å². The van der Waals surface area contributed by atoms with E-state index in [1.165, 1.54) is 45.4 Å². The Balaban J connectivity index is 2.10. The lowest BCUT2D eigenvalue weighted by atomic mass is 10.2. The Bertz CT molecular complexity index is 778. The Kier molecular flexibility index (Phi) is 5.94. The first-order valence-electron chi connectivity index (χ1n) is 7.45. The maximum absolute atomic E-state index is 13.6. The van der Waals surface area contributed by atoms with Crippen molar-refractivity contribution in [1.29, 1.82) is 0 Å². The van der Waals surface area contributed by atoms with E-state index in [4.69, 9.17) is 14.2 Å². The standard InChI is InChI=1S/C18H18FNO5/c1-11(17(21)20-14-9-5-4-8-13(14)19)25-18(22)12-7-6-10-15(23-2)16(12)24-3/h4-11H,1-3H3,(H,20,21)/t11-/m1/s1. The van der Waals surface area contributed by atoms with Gasteiger partial charge in [-0.15, -0.1) is 0 Å². The Morgan fingerprint density at radius 1 is 1.04 bits per heavy atom. The van der Waals surface area contributed by atoms with E-state index >= 15 is 0 Å². The monoisotopic (exact) mass is 347 g/mol. The molecule has 2 aromatic rings. The van der Waals surface area contributed by atoms with Crippen molar-refractivity contribution in [1.82, 2.24) is 0 Å². The Morgan fingerprint density at radius 3 is 2.40 bits per heavy atom. The molecule has 7 heteroatoms. The number of rotatable bonds is 6. The lowest BCUT2D eigenvalue weighted by Gasteiger charge is -2.16. The molecule has 0 bridgehead atoms. The third-order valence-corrected chi connectivity index (χ3v) is 3.41. The van der Waals surface area contributed by atoms with Gasteiger partial charge in [-0.05, 0) is 31.2 Å². The predicted molar refractivity (Wildman–Crippen MR) is 89.5 cm³/mol. The normalized spacial score (nSPS) is 11.4. The molecular formula is C18H18FNO5. The summed E-state index contributed by atoms with van der Waals surface area (Å²) < 4.78 is 29.0. The van der Waals surface area contributed by atoms with Crippen molar-refractivity contribution in [2.24, 2.45) is 0 Å². The second-order valence-electron chi connectivity index (χ2n) is 5.06. The summed E-state index contributed by atoms with van der Waals surface area (Å²) in [5.74, 6) is -1.42. The molecule has 1 N–H and O–H groups in total. The molecule has 0 aliphatic rings. The molecule has 0 aliphatic carbocycles. The van der Waals surface area contributed by atoms with Crippen LogP contribution in [0.3, 0.4) is 0 Å². The quantitative estimate of drug-likeness (QED) is 0.813. The van der Waals surface area contributed by atoms with Crippen molar-refractivity contribution in [3.05, 3.63) is 53.8 Å². The number of anilines is 1. The van der Waals surface area contributed by atoms with Gasteiger partial charge in [0.1, 0.15) is 11.4 Å². The van der Waals surface area contributed by atoms with Crippen molar-refractivity contribution < 1.29 is 28.2 Å². The number of amides is 1. The Labute approximate surface area is 144 Å². The molecule has 2 rings (SSSR count). The van der Waals surface area contributed by atoms with Crippen molar-refractivity contribution >= 4 is 17.6 Å². The van der Waals surface area contributed by atoms with Crippen molar-refractivity contribution in [3.63, 3.8) is 0 Å². The van der Waals surface area contributed by atoms with Crippen LogP contribution in [0.15, 0.2) is 42.5 Å². The molecule has 132 valence electrons.